The predicted molar refractivity (Wildman–Crippen MR) is 153 cm³/mol. The fourth-order valence-electron chi connectivity index (χ4n) is 3.72. The first-order valence-corrected chi connectivity index (χ1v) is 12.3. The molecule has 4 rings (SSSR count). The van der Waals surface area contributed by atoms with Crippen LogP contribution in [0.2, 0.25) is 0 Å². The Labute approximate surface area is 239 Å². The molecular weight excluding hydrogens is 540 g/mol. The number of nitrogens with zero attached hydrogens (tertiary/aromatic N) is 2. The van der Waals surface area contributed by atoms with Crippen LogP contribution in [0.25, 0.3) is 11.1 Å². The van der Waals surface area contributed by atoms with Crippen molar-refractivity contribution in [3.63, 3.8) is 0 Å². The molecule has 0 unspecified atom stereocenters. The molecule has 12 heteroatoms. The van der Waals surface area contributed by atoms with Gasteiger partial charge in [0.25, 0.3) is 23.6 Å². The quantitative estimate of drug-likeness (QED) is 0.103. The summed E-state index contributed by atoms with van der Waals surface area (Å²) in [6.45, 7) is 0. The zero-order valence-corrected chi connectivity index (χ0v) is 21.8. The van der Waals surface area contributed by atoms with E-state index in [1.54, 1.807) is 0 Å². The largest absolute Gasteiger partial charge is 0.288 e. The first-order chi connectivity index (χ1) is 20.4. The van der Waals surface area contributed by atoms with E-state index in [0.29, 0.717) is 0 Å². The van der Waals surface area contributed by atoms with Gasteiger partial charge in [-0.25, -0.2) is 21.8 Å². The normalized spacial score (nSPS) is 10.8. The fourth-order valence-corrected chi connectivity index (χ4v) is 3.72. The number of hydrazone groups is 2. The van der Waals surface area contributed by atoms with Crippen molar-refractivity contribution >= 4 is 36.1 Å². The maximum absolute atomic E-state index is 12.3. The molecule has 0 saturated heterocycles. The summed E-state index contributed by atoms with van der Waals surface area (Å²) in [5.74, 6) is -2.48. The van der Waals surface area contributed by atoms with E-state index in [2.05, 4.69) is 21.1 Å². The Balaban J connectivity index is 1.30. The van der Waals surface area contributed by atoms with Gasteiger partial charge >= 0.3 is 0 Å². The molecule has 0 spiro atoms. The van der Waals surface area contributed by atoms with Crippen LogP contribution >= 0.6 is 0 Å². The monoisotopic (exact) mass is 564 g/mol. The van der Waals surface area contributed by atoms with Crippen LogP contribution in [-0.2, 0) is 0 Å². The summed E-state index contributed by atoms with van der Waals surface area (Å²) in [5.41, 5.74) is 11.9. The van der Waals surface area contributed by atoms with Crippen molar-refractivity contribution in [1.29, 1.82) is 0 Å². The minimum atomic E-state index is -0.726. The van der Waals surface area contributed by atoms with Crippen molar-refractivity contribution in [1.82, 2.24) is 21.8 Å². The Bertz CT molecular complexity index is 1540. The zero-order valence-electron chi connectivity index (χ0n) is 21.8. The van der Waals surface area contributed by atoms with Gasteiger partial charge in [0.2, 0.25) is 0 Å². The average Bonchev–Trinajstić information content (AvgIpc) is 3.04. The van der Waals surface area contributed by atoms with E-state index < -0.39 is 23.6 Å². The van der Waals surface area contributed by atoms with Crippen LogP contribution in [0.1, 0.15) is 52.6 Å². The number of benzene rings is 4. The highest BCUT2D eigenvalue weighted by Gasteiger charge is 2.10. The number of rotatable bonds is 9. The van der Waals surface area contributed by atoms with Crippen LogP contribution in [0.4, 0.5) is 0 Å². The van der Waals surface area contributed by atoms with Crippen LogP contribution in [0.5, 0.6) is 0 Å². The number of hydrogen-bond donors (Lipinski definition) is 6. The molecule has 0 aliphatic carbocycles. The van der Waals surface area contributed by atoms with Crippen LogP contribution in [0.15, 0.2) is 107 Å². The summed E-state index contributed by atoms with van der Waals surface area (Å²) in [4.78, 5) is 47.6. The molecule has 12 nitrogen and oxygen atoms in total. The maximum atomic E-state index is 12.3. The van der Waals surface area contributed by atoms with Crippen LogP contribution < -0.4 is 21.8 Å². The first kappa shape index (κ1) is 29.0. The van der Waals surface area contributed by atoms with Gasteiger partial charge in [0.05, 0.1) is 12.4 Å². The van der Waals surface area contributed by atoms with E-state index in [4.69, 9.17) is 10.4 Å². The molecule has 0 aliphatic rings. The standard InChI is InChI=1S/C30H24N6O6/c37-27(23-3-1-5-25(15-23)29(39)35-41)33-31-17-19-7-11-21(12-8-19)22-13-9-20(10-14-22)18-32-34-28(38)24-4-2-6-26(16-24)30(40)36-42/h1-18,41-42H,(H,33,37)(H,34,38)(H,35,39)(H,36,40)/b31-17+,32-18+. The molecule has 0 fully saturated rings. The van der Waals surface area contributed by atoms with Crippen LogP contribution in [0, 0.1) is 0 Å². The third-order valence-electron chi connectivity index (χ3n) is 5.89. The number of nitrogens with one attached hydrogen (secondary N) is 4. The molecule has 42 heavy (non-hydrogen) atoms. The van der Waals surface area contributed by atoms with Gasteiger partial charge in [0, 0.05) is 22.3 Å². The third kappa shape index (κ3) is 7.57. The summed E-state index contributed by atoms with van der Waals surface area (Å²) in [6, 6.07) is 26.6. The van der Waals surface area contributed by atoms with Gasteiger partial charge in [-0.15, -0.1) is 0 Å². The van der Waals surface area contributed by atoms with Crippen molar-refractivity contribution in [3.05, 3.63) is 130 Å². The number of hydroxylamine groups is 2. The average molecular weight is 565 g/mol. The van der Waals surface area contributed by atoms with Crippen molar-refractivity contribution in [2.24, 2.45) is 10.2 Å². The van der Waals surface area contributed by atoms with E-state index in [1.165, 1.54) is 71.9 Å². The zero-order chi connectivity index (χ0) is 29.9. The fraction of sp³-hybridized carbons (Fsp3) is 0. The second kappa shape index (κ2) is 13.9. The lowest BCUT2D eigenvalue weighted by molar-refractivity contribution is 0.0702. The number of amides is 4. The minimum Gasteiger partial charge on any atom is -0.288 e. The van der Waals surface area contributed by atoms with E-state index in [0.717, 1.165) is 22.3 Å². The Morgan fingerprint density at radius 3 is 1.17 bits per heavy atom. The topological polar surface area (TPSA) is 182 Å². The molecule has 0 heterocycles. The highest BCUT2D eigenvalue weighted by molar-refractivity contribution is 6.00. The van der Waals surface area contributed by atoms with E-state index in [-0.39, 0.29) is 22.3 Å². The summed E-state index contributed by atoms with van der Waals surface area (Å²) in [5, 5.41) is 25.4. The smallest absolute Gasteiger partial charge is 0.274 e. The Morgan fingerprint density at radius 2 is 0.833 bits per heavy atom. The Kier molecular flexibility index (Phi) is 9.59. The molecule has 0 atom stereocenters. The van der Waals surface area contributed by atoms with Crippen LogP contribution in [-0.4, -0.2) is 46.5 Å². The number of hydrogen-bond acceptors (Lipinski definition) is 8. The number of carbonyl (C=O) groups excluding carboxylic acids is 4. The summed E-state index contributed by atoms with van der Waals surface area (Å²) in [6.07, 6.45) is 2.97. The highest BCUT2D eigenvalue weighted by atomic mass is 16.5. The van der Waals surface area contributed by atoms with Gasteiger partial charge < -0.3 is 0 Å². The van der Waals surface area contributed by atoms with Gasteiger partial charge in [-0.3, -0.25) is 29.6 Å². The van der Waals surface area contributed by atoms with E-state index in [9.17, 15) is 19.2 Å². The SMILES string of the molecule is O=C(NO)c1cccc(C(=O)N/N=C/c2ccc(-c3ccc(/C=N/NC(=O)c4cccc(C(=O)NO)c4)cc3)cc2)c1. The molecule has 0 bridgehead atoms. The Hall–Kier alpha value is -5.98. The highest BCUT2D eigenvalue weighted by Crippen LogP contribution is 2.20. The molecule has 6 N–H and O–H groups in total. The number of carbonyl (C=O) groups is 4. The van der Waals surface area contributed by atoms with Crippen molar-refractivity contribution in [2.45, 2.75) is 0 Å². The van der Waals surface area contributed by atoms with Gasteiger partial charge in [-0.05, 0) is 58.7 Å². The lowest BCUT2D eigenvalue weighted by atomic mass is 10.0. The molecule has 0 saturated carbocycles. The third-order valence-corrected chi connectivity index (χ3v) is 5.89. The molecular formula is C30H24N6O6. The molecule has 4 aromatic rings. The molecule has 210 valence electrons. The van der Waals surface area contributed by atoms with Crippen molar-refractivity contribution in [3.8, 4) is 11.1 Å². The summed E-state index contributed by atoms with van der Waals surface area (Å²) in [7, 11) is 0. The lowest BCUT2D eigenvalue weighted by Crippen LogP contribution is -2.21. The van der Waals surface area contributed by atoms with Crippen molar-refractivity contribution in [2.75, 3.05) is 0 Å². The molecule has 4 amide bonds. The summed E-state index contributed by atoms with van der Waals surface area (Å²) < 4.78 is 0. The minimum absolute atomic E-state index is 0.131. The maximum Gasteiger partial charge on any atom is 0.274 e. The second-order valence-electron chi connectivity index (χ2n) is 8.69. The molecule has 0 aromatic heterocycles. The van der Waals surface area contributed by atoms with Gasteiger partial charge in [0.1, 0.15) is 0 Å². The second-order valence-corrected chi connectivity index (χ2v) is 8.69. The van der Waals surface area contributed by atoms with Gasteiger partial charge in [-0.2, -0.15) is 10.2 Å². The lowest BCUT2D eigenvalue weighted by Gasteiger charge is -2.04. The van der Waals surface area contributed by atoms with Gasteiger partial charge in [0.15, 0.2) is 0 Å². The van der Waals surface area contributed by atoms with E-state index in [1.807, 2.05) is 48.5 Å². The first-order valence-electron chi connectivity index (χ1n) is 12.3. The predicted octanol–water partition coefficient (Wildman–Crippen LogP) is 3.12. The molecule has 4 aromatic carbocycles. The Morgan fingerprint density at radius 1 is 0.500 bits per heavy atom. The molecule has 0 aliphatic heterocycles. The van der Waals surface area contributed by atoms with Gasteiger partial charge in [-0.1, -0.05) is 60.7 Å². The van der Waals surface area contributed by atoms with E-state index >= 15 is 0 Å². The molecule has 0 radical (unpaired) electrons. The summed E-state index contributed by atoms with van der Waals surface area (Å²) >= 11 is 0. The van der Waals surface area contributed by atoms with Crippen molar-refractivity contribution < 1.29 is 29.6 Å². The van der Waals surface area contributed by atoms with Crippen LogP contribution in [0.3, 0.4) is 0 Å².